The van der Waals surface area contributed by atoms with E-state index in [0.29, 0.717) is 18.2 Å². The number of nitrogens with zero attached hydrogens (tertiary/aromatic N) is 1. The monoisotopic (exact) mass is 339 g/mol. The second-order valence-corrected chi connectivity index (χ2v) is 5.11. The molecule has 0 saturated heterocycles. The predicted molar refractivity (Wildman–Crippen MR) is 67.0 cm³/mol. The van der Waals surface area contributed by atoms with Crippen LogP contribution in [0.5, 0.6) is 0 Å². The van der Waals surface area contributed by atoms with Gasteiger partial charge in [0.05, 0.1) is 11.1 Å². The highest BCUT2D eigenvalue weighted by atomic mass is 127. The van der Waals surface area contributed by atoms with Crippen molar-refractivity contribution in [1.82, 2.24) is 4.98 Å². The Hall–Kier alpha value is -0.0700. The molecule has 2 aromatic heterocycles. The van der Waals surface area contributed by atoms with E-state index in [1.54, 1.807) is 17.5 Å². The van der Waals surface area contributed by atoms with Crippen molar-refractivity contribution in [1.29, 1.82) is 0 Å². The minimum atomic E-state index is 0.543. The summed E-state index contributed by atoms with van der Waals surface area (Å²) in [5, 5.41) is 2.04. The molecule has 2 rings (SSSR count). The number of rotatable bonds is 3. The standard InChI is InChI=1S/C9H7ClINOS/c10-3-1-8-12-5-7(13-8)9-6(11)2-4-14-9/h2,4-5H,1,3H2. The maximum atomic E-state index is 5.60. The normalized spacial score (nSPS) is 10.7. The summed E-state index contributed by atoms with van der Waals surface area (Å²) >= 11 is 9.55. The van der Waals surface area contributed by atoms with Gasteiger partial charge in [-0.1, -0.05) is 0 Å². The van der Waals surface area contributed by atoms with E-state index in [-0.39, 0.29) is 0 Å². The summed E-state index contributed by atoms with van der Waals surface area (Å²) in [6, 6.07) is 2.06. The van der Waals surface area contributed by atoms with Gasteiger partial charge in [-0.25, -0.2) is 4.98 Å². The van der Waals surface area contributed by atoms with Crippen molar-refractivity contribution in [2.45, 2.75) is 6.42 Å². The lowest BCUT2D eigenvalue weighted by Gasteiger charge is -1.91. The molecule has 0 radical (unpaired) electrons. The first-order chi connectivity index (χ1) is 6.81. The van der Waals surface area contributed by atoms with E-state index in [2.05, 4.69) is 33.6 Å². The highest BCUT2D eigenvalue weighted by Gasteiger charge is 2.10. The first-order valence-electron chi connectivity index (χ1n) is 4.05. The van der Waals surface area contributed by atoms with Crippen LogP contribution in [-0.4, -0.2) is 10.9 Å². The molecule has 0 unspecified atom stereocenters. The van der Waals surface area contributed by atoms with Crippen LogP contribution in [0.1, 0.15) is 5.89 Å². The van der Waals surface area contributed by atoms with E-state index >= 15 is 0 Å². The predicted octanol–water partition coefficient (Wildman–Crippen LogP) is 3.79. The van der Waals surface area contributed by atoms with Crippen molar-refractivity contribution < 1.29 is 4.42 Å². The topological polar surface area (TPSA) is 26.0 Å². The minimum absolute atomic E-state index is 0.543. The second-order valence-electron chi connectivity index (χ2n) is 2.65. The quantitative estimate of drug-likeness (QED) is 0.628. The Morgan fingerprint density at radius 3 is 3.07 bits per heavy atom. The molecule has 74 valence electrons. The average molecular weight is 340 g/mol. The molecule has 0 aliphatic heterocycles. The molecular formula is C9H7ClINOS. The third-order valence-corrected chi connectivity index (χ3v) is 4.09. The Balaban J connectivity index is 2.29. The van der Waals surface area contributed by atoms with Crippen LogP contribution in [0.25, 0.3) is 10.6 Å². The van der Waals surface area contributed by atoms with Crippen molar-refractivity contribution in [3.8, 4) is 10.6 Å². The van der Waals surface area contributed by atoms with Crippen LogP contribution >= 0.6 is 45.5 Å². The fraction of sp³-hybridized carbons (Fsp3) is 0.222. The maximum absolute atomic E-state index is 5.60. The average Bonchev–Trinajstić information content (AvgIpc) is 2.74. The molecule has 5 heteroatoms. The zero-order valence-electron chi connectivity index (χ0n) is 7.17. The molecule has 0 amide bonds. The van der Waals surface area contributed by atoms with Gasteiger partial charge in [-0.05, 0) is 34.0 Å². The number of aryl methyl sites for hydroxylation is 1. The minimum Gasteiger partial charge on any atom is -0.440 e. The van der Waals surface area contributed by atoms with E-state index < -0.39 is 0 Å². The summed E-state index contributed by atoms with van der Waals surface area (Å²) in [5.41, 5.74) is 0. The molecule has 0 aromatic carbocycles. The smallest absolute Gasteiger partial charge is 0.196 e. The van der Waals surface area contributed by atoms with Gasteiger partial charge in [0.15, 0.2) is 11.7 Å². The first kappa shape index (κ1) is 10.4. The molecule has 14 heavy (non-hydrogen) atoms. The first-order valence-corrected chi connectivity index (χ1v) is 6.54. The summed E-state index contributed by atoms with van der Waals surface area (Å²) in [6.07, 6.45) is 2.44. The highest BCUT2D eigenvalue weighted by Crippen LogP contribution is 2.31. The van der Waals surface area contributed by atoms with Gasteiger partial charge in [-0.2, -0.15) is 0 Å². The van der Waals surface area contributed by atoms with E-state index in [4.69, 9.17) is 16.0 Å². The summed E-state index contributed by atoms with van der Waals surface area (Å²) in [6.45, 7) is 0. The number of aromatic nitrogens is 1. The number of hydrogen-bond acceptors (Lipinski definition) is 3. The van der Waals surface area contributed by atoms with Crippen LogP contribution in [0, 0.1) is 3.57 Å². The Morgan fingerprint density at radius 2 is 2.43 bits per heavy atom. The molecule has 2 aromatic rings. The number of oxazole rings is 1. The Kier molecular flexibility index (Phi) is 3.46. The van der Waals surface area contributed by atoms with Crippen LogP contribution in [0.3, 0.4) is 0 Å². The van der Waals surface area contributed by atoms with Gasteiger partial charge in [-0.15, -0.1) is 22.9 Å². The summed E-state index contributed by atoms with van der Waals surface area (Å²) in [4.78, 5) is 5.29. The van der Waals surface area contributed by atoms with Crippen molar-refractivity contribution >= 4 is 45.5 Å². The lowest BCUT2D eigenvalue weighted by molar-refractivity contribution is 0.515. The summed E-state index contributed by atoms with van der Waals surface area (Å²) < 4.78 is 6.75. The van der Waals surface area contributed by atoms with Gasteiger partial charge in [0.1, 0.15) is 0 Å². The Labute approximate surface area is 104 Å². The molecule has 0 N–H and O–H groups in total. The third kappa shape index (κ3) is 2.12. The van der Waals surface area contributed by atoms with E-state index in [1.165, 1.54) is 3.57 Å². The maximum Gasteiger partial charge on any atom is 0.196 e. The highest BCUT2D eigenvalue weighted by molar-refractivity contribution is 14.1. The molecule has 0 saturated carbocycles. The van der Waals surface area contributed by atoms with Gasteiger partial charge in [0, 0.05) is 15.9 Å². The van der Waals surface area contributed by atoms with Crippen LogP contribution in [0.2, 0.25) is 0 Å². The lowest BCUT2D eigenvalue weighted by atomic mass is 10.4. The van der Waals surface area contributed by atoms with Crippen molar-refractivity contribution in [2.75, 3.05) is 5.88 Å². The van der Waals surface area contributed by atoms with Gasteiger partial charge in [0.25, 0.3) is 0 Å². The molecule has 0 atom stereocenters. The summed E-state index contributed by atoms with van der Waals surface area (Å²) in [5.74, 6) is 2.09. The Bertz CT molecular complexity index is 426. The molecule has 0 bridgehead atoms. The van der Waals surface area contributed by atoms with Crippen molar-refractivity contribution in [3.05, 3.63) is 27.1 Å². The van der Waals surface area contributed by atoms with E-state index in [9.17, 15) is 0 Å². The van der Waals surface area contributed by atoms with Crippen molar-refractivity contribution in [3.63, 3.8) is 0 Å². The fourth-order valence-corrected chi connectivity index (χ4v) is 3.05. The largest absolute Gasteiger partial charge is 0.440 e. The fourth-order valence-electron chi connectivity index (χ4n) is 1.08. The molecule has 2 heterocycles. The lowest BCUT2D eigenvalue weighted by Crippen LogP contribution is -1.83. The third-order valence-electron chi connectivity index (χ3n) is 1.70. The van der Waals surface area contributed by atoms with Gasteiger partial charge in [0.2, 0.25) is 0 Å². The zero-order chi connectivity index (χ0) is 9.97. The molecule has 2 nitrogen and oxygen atoms in total. The van der Waals surface area contributed by atoms with Crippen LogP contribution < -0.4 is 0 Å². The van der Waals surface area contributed by atoms with Crippen LogP contribution in [0.15, 0.2) is 22.1 Å². The van der Waals surface area contributed by atoms with E-state index in [0.717, 1.165) is 10.6 Å². The van der Waals surface area contributed by atoms with Gasteiger partial charge in [-0.3, -0.25) is 0 Å². The SMILES string of the molecule is ClCCc1ncc(-c2sccc2I)o1. The number of hydrogen-bond donors (Lipinski definition) is 0. The zero-order valence-corrected chi connectivity index (χ0v) is 10.9. The summed E-state index contributed by atoms with van der Waals surface area (Å²) in [7, 11) is 0. The van der Waals surface area contributed by atoms with Crippen LogP contribution in [-0.2, 0) is 6.42 Å². The van der Waals surface area contributed by atoms with Crippen molar-refractivity contribution in [2.24, 2.45) is 0 Å². The molecule has 0 aliphatic rings. The molecule has 0 aliphatic carbocycles. The Morgan fingerprint density at radius 1 is 1.57 bits per heavy atom. The molecular weight excluding hydrogens is 333 g/mol. The molecule has 0 spiro atoms. The number of thiophene rings is 1. The second kappa shape index (κ2) is 4.63. The van der Waals surface area contributed by atoms with E-state index in [1.807, 2.05) is 5.38 Å². The number of alkyl halides is 1. The van der Waals surface area contributed by atoms with Crippen LogP contribution in [0.4, 0.5) is 0 Å². The van der Waals surface area contributed by atoms with Gasteiger partial charge >= 0.3 is 0 Å². The molecule has 0 fully saturated rings. The van der Waals surface area contributed by atoms with Gasteiger partial charge < -0.3 is 4.42 Å². The number of halogens is 2.